The van der Waals surface area contributed by atoms with Gasteiger partial charge in [0.1, 0.15) is 17.1 Å². The van der Waals surface area contributed by atoms with Gasteiger partial charge in [-0.2, -0.15) is 9.40 Å². The molecule has 1 aliphatic rings. The monoisotopic (exact) mass is 553 g/mol. The van der Waals surface area contributed by atoms with E-state index < -0.39 is 17.6 Å². The third-order valence-corrected chi connectivity index (χ3v) is 9.35. The molecule has 0 saturated carbocycles. The predicted octanol–water partition coefficient (Wildman–Crippen LogP) is 2.25. The molecule has 0 amide bonds. The first-order chi connectivity index (χ1) is 17.4. The second-order valence-electron chi connectivity index (χ2n) is 9.22. The third-order valence-electron chi connectivity index (χ3n) is 6.46. The first-order valence-corrected chi connectivity index (χ1v) is 15.5. The SMILES string of the molecule is CCCc1nn(C)c2c(=O)[nH]c(-c3cc(S(=O)(=O)N4CCC(CP(=O)(O)O)CC4)ccc3OCC)nc12. The second-order valence-corrected chi connectivity index (χ2v) is 12.9. The number of fused-ring (bicyclic) bond motifs is 1. The molecule has 0 atom stereocenters. The van der Waals surface area contributed by atoms with E-state index in [1.807, 2.05) is 6.92 Å². The molecule has 37 heavy (non-hydrogen) atoms. The molecular formula is C23H32N5O7PS. The highest BCUT2D eigenvalue weighted by Gasteiger charge is 2.32. The van der Waals surface area contributed by atoms with E-state index in [-0.39, 0.29) is 41.4 Å². The summed E-state index contributed by atoms with van der Waals surface area (Å²) >= 11 is 0. The smallest absolute Gasteiger partial charge is 0.325 e. The van der Waals surface area contributed by atoms with Gasteiger partial charge in [-0.15, -0.1) is 0 Å². The molecule has 1 aliphatic heterocycles. The lowest BCUT2D eigenvalue weighted by Gasteiger charge is -2.31. The van der Waals surface area contributed by atoms with E-state index in [1.165, 1.54) is 21.1 Å². The summed E-state index contributed by atoms with van der Waals surface area (Å²) in [5, 5.41) is 4.43. The maximum Gasteiger partial charge on any atom is 0.325 e. The van der Waals surface area contributed by atoms with Crippen molar-refractivity contribution in [3.8, 4) is 17.1 Å². The van der Waals surface area contributed by atoms with E-state index in [1.54, 1.807) is 20.0 Å². The summed E-state index contributed by atoms with van der Waals surface area (Å²) < 4.78 is 46.8. The maximum atomic E-state index is 13.5. The molecule has 2 aromatic heterocycles. The molecule has 3 N–H and O–H groups in total. The molecule has 4 rings (SSSR count). The van der Waals surface area contributed by atoms with Crippen molar-refractivity contribution in [2.24, 2.45) is 13.0 Å². The van der Waals surface area contributed by atoms with Gasteiger partial charge in [-0.3, -0.25) is 14.0 Å². The fourth-order valence-electron chi connectivity index (χ4n) is 4.73. The lowest BCUT2D eigenvalue weighted by molar-refractivity contribution is 0.276. The third kappa shape index (κ3) is 5.80. The minimum Gasteiger partial charge on any atom is -0.493 e. The van der Waals surface area contributed by atoms with Crippen LogP contribution in [0.3, 0.4) is 0 Å². The Kier molecular flexibility index (Phi) is 7.91. The van der Waals surface area contributed by atoms with Crippen LogP contribution >= 0.6 is 7.60 Å². The lowest BCUT2D eigenvalue weighted by Crippen LogP contribution is -2.39. The zero-order valence-electron chi connectivity index (χ0n) is 21.0. The van der Waals surface area contributed by atoms with Crippen LogP contribution in [-0.2, 0) is 28.1 Å². The zero-order chi connectivity index (χ0) is 27.0. The Balaban J connectivity index is 1.73. The van der Waals surface area contributed by atoms with Gasteiger partial charge in [0.25, 0.3) is 5.56 Å². The van der Waals surface area contributed by atoms with Gasteiger partial charge in [0.2, 0.25) is 10.0 Å². The molecule has 1 fully saturated rings. The van der Waals surface area contributed by atoms with Crippen molar-refractivity contribution in [3.05, 3.63) is 34.2 Å². The zero-order valence-corrected chi connectivity index (χ0v) is 22.8. The Labute approximate surface area is 214 Å². The number of piperidine rings is 1. The normalized spacial score (nSPS) is 15.9. The number of aromatic nitrogens is 4. The van der Waals surface area contributed by atoms with Gasteiger partial charge in [-0.1, -0.05) is 13.3 Å². The molecule has 1 aromatic carbocycles. The molecule has 0 bridgehead atoms. The molecule has 202 valence electrons. The Bertz CT molecular complexity index is 1500. The molecule has 14 heteroatoms. The van der Waals surface area contributed by atoms with Crippen LogP contribution in [0.15, 0.2) is 27.9 Å². The van der Waals surface area contributed by atoms with Crippen LogP contribution < -0.4 is 10.3 Å². The van der Waals surface area contributed by atoms with Gasteiger partial charge in [0, 0.05) is 20.1 Å². The van der Waals surface area contributed by atoms with E-state index in [4.69, 9.17) is 4.74 Å². The van der Waals surface area contributed by atoms with Crippen molar-refractivity contribution in [2.45, 2.75) is 44.4 Å². The number of ether oxygens (including phenoxy) is 1. The summed E-state index contributed by atoms with van der Waals surface area (Å²) in [7, 11) is -6.39. The molecule has 0 radical (unpaired) electrons. The number of H-pyrrole nitrogens is 1. The summed E-state index contributed by atoms with van der Waals surface area (Å²) in [6.07, 6.45) is 1.93. The van der Waals surface area contributed by atoms with E-state index in [0.29, 0.717) is 53.9 Å². The highest BCUT2D eigenvalue weighted by atomic mass is 32.2. The lowest BCUT2D eigenvalue weighted by atomic mass is 10.0. The largest absolute Gasteiger partial charge is 0.493 e. The van der Waals surface area contributed by atoms with Crippen LogP contribution in [0.4, 0.5) is 0 Å². The number of rotatable bonds is 9. The van der Waals surface area contributed by atoms with Crippen LogP contribution in [0, 0.1) is 5.92 Å². The maximum absolute atomic E-state index is 13.5. The fourth-order valence-corrected chi connectivity index (χ4v) is 7.27. The van der Waals surface area contributed by atoms with Crippen LogP contribution in [0.1, 0.15) is 38.8 Å². The summed E-state index contributed by atoms with van der Waals surface area (Å²) in [6.45, 7) is 4.45. The Hall–Kier alpha value is -2.57. The number of sulfonamides is 1. The van der Waals surface area contributed by atoms with Crippen LogP contribution in [0.5, 0.6) is 5.75 Å². The molecule has 3 aromatic rings. The Morgan fingerprint density at radius 2 is 1.92 bits per heavy atom. The quantitative estimate of drug-likeness (QED) is 0.337. The average Bonchev–Trinajstić information content (AvgIpc) is 3.14. The molecule has 0 aliphatic carbocycles. The summed E-state index contributed by atoms with van der Waals surface area (Å²) in [6, 6.07) is 4.45. The van der Waals surface area contributed by atoms with Crippen molar-refractivity contribution in [3.63, 3.8) is 0 Å². The first kappa shape index (κ1) is 27.5. The number of hydrogen-bond donors (Lipinski definition) is 3. The number of nitrogens with zero attached hydrogens (tertiary/aromatic N) is 4. The van der Waals surface area contributed by atoms with Gasteiger partial charge in [-0.25, -0.2) is 13.4 Å². The Morgan fingerprint density at radius 1 is 1.22 bits per heavy atom. The van der Waals surface area contributed by atoms with E-state index in [2.05, 4.69) is 15.1 Å². The fraction of sp³-hybridized carbons (Fsp3) is 0.522. The molecular weight excluding hydrogens is 521 g/mol. The van der Waals surface area contributed by atoms with Gasteiger partial charge < -0.3 is 19.5 Å². The number of aryl methyl sites for hydroxylation is 2. The number of nitrogens with one attached hydrogen (secondary N) is 1. The van der Waals surface area contributed by atoms with Gasteiger partial charge >= 0.3 is 7.60 Å². The van der Waals surface area contributed by atoms with Crippen LogP contribution in [-0.4, -0.2) is 68.1 Å². The van der Waals surface area contributed by atoms with Crippen LogP contribution in [0.2, 0.25) is 0 Å². The number of benzene rings is 1. The van der Waals surface area contributed by atoms with Crippen LogP contribution in [0.25, 0.3) is 22.4 Å². The highest BCUT2D eigenvalue weighted by Crippen LogP contribution is 2.40. The molecule has 0 unspecified atom stereocenters. The average molecular weight is 554 g/mol. The van der Waals surface area contributed by atoms with Gasteiger partial charge in [0.15, 0.2) is 5.52 Å². The Morgan fingerprint density at radius 3 is 2.54 bits per heavy atom. The second kappa shape index (κ2) is 10.7. The molecule has 0 spiro atoms. The summed E-state index contributed by atoms with van der Waals surface area (Å²) in [5.74, 6) is 0.329. The van der Waals surface area contributed by atoms with Crippen molar-refractivity contribution < 1.29 is 27.5 Å². The first-order valence-electron chi connectivity index (χ1n) is 12.2. The minimum absolute atomic E-state index is 0.0158. The topological polar surface area (TPSA) is 168 Å². The molecule has 1 saturated heterocycles. The minimum atomic E-state index is -4.16. The standard InChI is InChI=1S/C23H32N5O7PS/c1-4-6-18-20-21(27(3)26-18)23(29)25-22(24-20)17-13-16(7-8-19(17)35-5-2)37(33,34)28-11-9-15(10-12-28)14-36(30,31)32/h7-8,13,15H,4-6,9-12,14H2,1-3H3,(H,24,25,29)(H2,30,31,32). The molecule has 12 nitrogen and oxygen atoms in total. The van der Waals surface area contributed by atoms with E-state index >= 15 is 0 Å². The van der Waals surface area contributed by atoms with E-state index in [9.17, 15) is 27.6 Å². The molecule has 3 heterocycles. The summed E-state index contributed by atoms with van der Waals surface area (Å²) in [5.41, 5.74) is 1.44. The van der Waals surface area contributed by atoms with Gasteiger partial charge in [0.05, 0.1) is 28.9 Å². The predicted molar refractivity (Wildman–Crippen MR) is 138 cm³/mol. The van der Waals surface area contributed by atoms with Crippen molar-refractivity contribution in [1.82, 2.24) is 24.1 Å². The van der Waals surface area contributed by atoms with Crippen molar-refractivity contribution in [1.29, 1.82) is 0 Å². The number of hydrogen-bond acceptors (Lipinski definition) is 7. The van der Waals surface area contributed by atoms with Gasteiger partial charge in [-0.05, 0) is 50.3 Å². The number of aromatic amines is 1. The van der Waals surface area contributed by atoms with Crippen molar-refractivity contribution in [2.75, 3.05) is 25.9 Å². The summed E-state index contributed by atoms with van der Waals surface area (Å²) in [4.78, 5) is 38.9. The highest BCUT2D eigenvalue weighted by molar-refractivity contribution is 7.89. The van der Waals surface area contributed by atoms with Crippen molar-refractivity contribution >= 4 is 28.7 Å². The van der Waals surface area contributed by atoms with E-state index in [0.717, 1.165) is 6.42 Å².